The second-order valence-electron chi connectivity index (χ2n) is 5.43. The molecule has 0 spiro atoms. The van der Waals surface area contributed by atoms with Gasteiger partial charge in [-0.05, 0) is 19.6 Å². The lowest BCUT2D eigenvalue weighted by Crippen LogP contribution is -2.36. The standard InChI is InChI=1S/C11H20O5Si/c1-17(2,3)15-7-9-8(6-10(12)16-9)11-13-4-5-14-11/h8-9,11H,4-7H2,1-3H3. The van der Waals surface area contributed by atoms with Gasteiger partial charge in [-0.15, -0.1) is 0 Å². The summed E-state index contributed by atoms with van der Waals surface area (Å²) in [5, 5.41) is 0. The van der Waals surface area contributed by atoms with E-state index in [-0.39, 0.29) is 24.3 Å². The Bertz CT molecular complexity index is 282. The molecule has 0 aliphatic carbocycles. The summed E-state index contributed by atoms with van der Waals surface area (Å²) in [6.45, 7) is 7.98. The molecule has 2 unspecified atom stereocenters. The Labute approximate surface area is 102 Å². The molecule has 0 N–H and O–H groups in total. The highest BCUT2D eigenvalue weighted by Gasteiger charge is 2.43. The fourth-order valence-electron chi connectivity index (χ4n) is 2.01. The molecule has 0 amide bonds. The Morgan fingerprint density at radius 1 is 1.29 bits per heavy atom. The molecule has 2 heterocycles. The van der Waals surface area contributed by atoms with Crippen LogP contribution in [0.4, 0.5) is 0 Å². The predicted molar refractivity (Wildman–Crippen MR) is 63.0 cm³/mol. The quantitative estimate of drug-likeness (QED) is 0.560. The summed E-state index contributed by atoms with van der Waals surface area (Å²) < 4.78 is 22.0. The van der Waals surface area contributed by atoms with Crippen molar-refractivity contribution in [3.63, 3.8) is 0 Å². The molecule has 2 saturated heterocycles. The molecule has 2 rings (SSSR count). The van der Waals surface area contributed by atoms with Gasteiger partial charge >= 0.3 is 5.97 Å². The molecule has 2 aliphatic heterocycles. The third-order valence-electron chi connectivity index (χ3n) is 2.84. The van der Waals surface area contributed by atoms with E-state index in [0.29, 0.717) is 26.2 Å². The van der Waals surface area contributed by atoms with Gasteiger partial charge in [0, 0.05) is 0 Å². The van der Waals surface area contributed by atoms with Gasteiger partial charge in [0.05, 0.1) is 32.2 Å². The second-order valence-corrected chi connectivity index (χ2v) is 9.94. The van der Waals surface area contributed by atoms with Crippen molar-refractivity contribution >= 4 is 14.3 Å². The molecule has 6 heteroatoms. The van der Waals surface area contributed by atoms with Gasteiger partial charge in [-0.25, -0.2) is 0 Å². The van der Waals surface area contributed by atoms with Crippen molar-refractivity contribution in [1.82, 2.24) is 0 Å². The van der Waals surface area contributed by atoms with Crippen LogP contribution in [0.2, 0.25) is 19.6 Å². The zero-order valence-electron chi connectivity index (χ0n) is 10.6. The lowest BCUT2D eigenvalue weighted by atomic mass is 10.0. The van der Waals surface area contributed by atoms with Crippen LogP contribution in [0.3, 0.4) is 0 Å². The summed E-state index contributed by atoms with van der Waals surface area (Å²) in [5.74, 6) is -0.209. The Hall–Kier alpha value is -0.433. The number of esters is 1. The summed E-state index contributed by atoms with van der Waals surface area (Å²) in [6, 6.07) is 0. The number of hydrogen-bond donors (Lipinski definition) is 0. The van der Waals surface area contributed by atoms with Gasteiger partial charge in [0.2, 0.25) is 0 Å². The van der Waals surface area contributed by atoms with Crippen LogP contribution in [0.1, 0.15) is 6.42 Å². The topological polar surface area (TPSA) is 54.0 Å². The van der Waals surface area contributed by atoms with Crippen LogP contribution >= 0.6 is 0 Å². The highest BCUT2D eigenvalue weighted by Crippen LogP contribution is 2.30. The molecule has 0 aromatic carbocycles. The van der Waals surface area contributed by atoms with Gasteiger partial charge in [-0.1, -0.05) is 0 Å². The lowest BCUT2D eigenvalue weighted by Gasteiger charge is -2.25. The van der Waals surface area contributed by atoms with Crippen molar-refractivity contribution in [3.8, 4) is 0 Å². The maximum atomic E-state index is 11.4. The van der Waals surface area contributed by atoms with Crippen LogP contribution in [0.25, 0.3) is 0 Å². The zero-order chi connectivity index (χ0) is 12.5. The Morgan fingerprint density at radius 3 is 2.53 bits per heavy atom. The lowest BCUT2D eigenvalue weighted by molar-refractivity contribution is -0.144. The minimum absolute atomic E-state index is 0.0265. The van der Waals surface area contributed by atoms with Crippen LogP contribution in [-0.2, 0) is 23.4 Å². The molecule has 0 aromatic heterocycles. The largest absolute Gasteiger partial charge is 0.459 e. The van der Waals surface area contributed by atoms with E-state index < -0.39 is 8.32 Å². The highest BCUT2D eigenvalue weighted by atomic mass is 28.4. The van der Waals surface area contributed by atoms with Gasteiger partial charge in [-0.3, -0.25) is 4.79 Å². The van der Waals surface area contributed by atoms with Crippen LogP contribution in [0, 0.1) is 5.92 Å². The zero-order valence-corrected chi connectivity index (χ0v) is 11.6. The Balaban J connectivity index is 1.91. The van der Waals surface area contributed by atoms with Crippen molar-refractivity contribution in [2.75, 3.05) is 19.8 Å². The number of carbonyl (C=O) groups excluding carboxylic acids is 1. The van der Waals surface area contributed by atoms with E-state index in [4.69, 9.17) is 18.6 Å². The van der Waals surface area contributed by atoms with Crippen molar-refractivity contribution in [2.24, 2.45) is 5.92 Å². The highest BCUT2D eigenvalue weighted by molar-refractivity contribution is 6.69. The van der Waals surface area contributed by atoms with Crippen LogP contribution in [-0.4, -0.2) is 46.5 Å². The number of carbonyl (C=O) groups is 1. The minimum Gasteiger partial charge on any atom is -0.459 e. The van der Waals surface area contributed by atoms with Crippen molar-refractivity contribution < 1.29 is 23.4 Å². The van der Waals surface area contributed by atoms with Crippen LogP contribution < -0.4 is 0 Å². The summed E-state index contributed by atoms with van der Waals surface area (Å²) in [7, 11) is -1.59. The first-order valence-corrected chi connectivity index (χ1v) is 9.43. The van der Waals surface area contributed by atoms with E-state index in [1.807, 2.05) is 0 Å². The average molecular weight is 260 g/mol. The molecule has 0 aromatic rings. The molecule has 2 atom stereocenters. The minimum atomic E-state index is -1.59. The molecule has 0 saturated carbocycles. The van der Waals surface area contributed by atoms with Crippen LogP contribution in [0.5, 0.6) is 0 Å². The normalized spacial score (nSPS) is 30.9. The maximum Gasteiger partial charge on any atom is 0.306 e. The number of cyclic esters (lactones) is 1. The number of hydrogen-bond acceptors (Lipinski definition) is 5. The van der Waals surface area contributed by atoms with Gasteiger partial charge in [0.1, 0.15) is 6.10 Å². The Morgan fingerprint density at radius 2 is 1.94 bits per heavy atom. The average Bonchev–Trinajstić information content (AvgIpc) is 2.81. The van der Waals surface area contributed by atoms with Crippen LogP contribution in [0.15, 0.2) is 0 Å². The van der Waals surface area contributed by atoms with E-state index in [1.165, 1.54) is 0 Å². The summed E-state index contributed by atoms with van der Waals surface area (Å²) >= 11 is 0. The van der Waals surface area contributed by atoms with Gasteiger partial charge in [-0.2, -0.15) is 0 Å². The first kappa shape index (κ1) is 13.0. The third kappa shape index (κ3) is 3.51. The molecular weight excluding hydrogens is 240 g/mol. The molecule has 17 heavy (non-hydrogen) atoms. The summed E-state index contributed by atoms with van der Waals surface area (Å²) in [5.41, 5.74) is 0. The Kier molecular flexibility index (Phi) is 3.87. The second kappa shape index (κ2) is 5.05. The first-order chi connectivity index (χ1) is 7.96. The van der Waals surface area contributed by atoms with Crippen molar-refractivity contribution in [3.05, 3.63) is 0 Å². The maximum absolute atomic E-state index is 11.4. The molecule has 2 fully saturated rings. The van der Waals surface area contributed by atoms with Gasteiger partial charge in [0.25, 0.3) is 0 Å². The van der Waals surface area contributed by atoms with E-state index in [0.717, 1.165) is 0 Å². The first-order valence-electron chi connectivity index (χ1n) is 6.02. The summed E-state index contributed by atoms with van der Waals surface area (Å²) in [6.07, 6.45) is -0.168. The van der Waals surface area contributed by atoms with E-state index in [1.54, 1.807) is 0 Å². The SMILES string of the molecule is C[Si](C)(C)OCC1OC(=O)CC1C1OCCO1. The molecule has 0 bridgehead atoms. The van der Waals surface area contributed by atoms with E-state index in [9.17, 15) is 4.79 Å². The fourth-order valence-corrected chi connectivity index (χ4v) is 2.68. The predicted octanol–water partition coefficient (Wildman–Crippen LogP) is 1.14. The molecular formula is C11H20O5Si. The molecule has 2 aliphatic rings. The number of rotatable bonds is 4. The van der Waals surface area contributed by atoms with E-state index >= 15 is 0 Å². The smallest absolute Gasteiger partial charge is 0.306 e. The molecule has 0 radical (unpaired) electrons. The van der Waals surface area contributed by atoms with Gasteiger partial charge in [0.15, 0.2) is 14.6 Å². The fraction of sp³-hybridized carbons (Fsp3) is 0.909. The monoisotopic (exact) mass is 260 g/mol. The van der Waals surface area contributed by atoms with E-state index in [2.05, 4.69) is 19.6 Å². The van der Waals surface area contributed by atoms with Crippen molar-refractivity contribution in [2.45, 2.75) is 38.5 Å². The third-order valence-corrected chi connectivity index (χ3v) is 3.87. The molecule has 98 valence electrons. The molecule has 5 nitrogen and oxygen atoms in total. The number of ether oxygens (including phenoxy) is 3. The summed E-state index contributed by atoms with van der Waals surface area (Å²) in [4.78, 5) is 11.4. The van der Waals surface area contributed by atoms with Crippen molar-refractivity contribution in [1.29, 1.82) is 0 Å². The van der Waals surface area contributed by atoms with Gasteiger partial charge < -0.3 is 18.6 Å².